The molecule has 4 heteroatoms. The Labute approximate surface area is 96.2 Å². The fourth-order valence-corrected chi connectivity index (χ4v) is 1.82. The van der Waals surface area contributed by atoms with Gasteiger partial charge >= 0.3 is 0 Å². The molecule has 1 aliphatic heterocycles. The Morgan fingerprint density at radius 3 is 2.75 bits per heavy atom. The van der Waals surface area contributed by atoms with Crippen LogP contribution in [-0.2, 0) is 6.54 Å². The van der Waals surface area contributed by atoms with Gasteiger partial charge in [-0.15, -0.1) is 0 Å². The minimum atomic E-state index is 0.646. The second kappa shape index (κ2) is 5.51. The van der Waals surface area contributed by atoms with E-state index in [9.17, 15) is 0 Å². The number of hydrogen-bond donors (Lipinski definition) is 2. The smallest absolute Gasteiger partial charge is 0.194 e. The van der Waals surface area contributed by atoms with Crippen molar-refractivity contribution in [3.8, 4) is 0 Å². The molecule has 1 aromatic rings. The molecule has 4 nitrogen and oxygen atoms in total. The Balaban J connectivity index is 2.02. The van der Waals surface area contributed by atoms with Gasteiger partial charge in [0.05, 0.1) is 6.54 Å². The van der Waals surface area contributed by atoms with Crippen LogP contribution in [0.3, 0.4) is 0 Å². The Morgan fingerprint density at radius 1 is 1.31 bits per heavy atom. The Bertz CT molecular complexity index is 347. The molecule has 0 aromatic heterocycles. The molecule has 0 bridgehead atoms. The average molecular weight is 218 g/mol. The van der Waals surface area contributed by atoms with Crippen molar-refractivity contribution in [2.75, 3.05) is 26.2 Å². The van der Waals surface area contributed by atoms with Gasteiger partial charge < -0.3 is 16.0 Å². The number of guanidine groups is 1. The van der Waals surface area contributed by atoms with Crippen molar-refractivity contribution in [2.24, 2.45) is 10.7 Å². The normalized spacial score (nSPS) is 14.4. The number of nitrogens with one attached hydrogen (secondary N) is 1. The maximum absolute atomic E-state index is 5.63. The number of hydrogen-bond acceptors (Lipinski definition) is 4. The largest absolute Gasteiger partial charge is 0.354 e. The molecule has 1 aliphatic rings. The Morgan fingerprint density at radius 2 is 2.12 bits per heavy atom. The molecule has 0 radical (unpaired) electrons. The molecule has 0 spiro atoms. The second-order valence-corrected chi connectivity index (χ2v) is 3.83. The fourth-order valence-electron chi connectivity index (χ4n) is 1.82. The number of benzene rings is 1. The molecule has 0 atom stereocenters. The molecule has 16 heavy (non-hydrogen) atoms. The van der Waals surface area contributed by atoms with E-state index in [1.807, 2.05) is 6.07 Å². The third kappa shape index (κ3) is 2.73. The third-order valence-electron chi connectivity index (χ3n) is 2.57. The molecule has 1 heterocycles. The standard InChI is InChI=1S/C12H18N4/c13-6-9-16(12-14-7-8-15-12)10-11-4-2-1-3-5-11/h1-5H,6-10,13H2,(H,14,15). The first-order valence-corrected chi connectivity index (χ1v) is 5.67. The van der Waals surface area contributed by atoms with Crippen LogP contribution in [0.25, 0.3) is 0 Å². The quantitative estimate of drug-likeness (QED) is 0.769. The number of nitrogens with zero attached hydrogens (tertiary/aromatic N) is 2. The van der Waals surface area contributed by atoms with Crippen molar-refractivity contribution >= 4 is 5.96 Å². The molecular formula is C12H18N4. The minimum absolute atomic E-state index is 0.646. The molecule has 3 N–H and O–H groups in total. The van der Waals surface area contributed by atoms with Gasteiger partial charge in [0.2, 0.25) is 0 Å². The van der Waals surface area contributed by atoms with Crippen LogP contribution in [0.15, 0.2) is 35.3 Å². The van der Waals surface area contributed by atoms with Gasteiger partial charge in [-0.1, -0.05) is 30.3 Å². The summed E-state index contributed by atoms with van der Waals surface area (Å²) in [6, 6.07) is 10.4. The van der Waals surface area contributed by atoms with Gasteiger partial charge in [-0.2, -0.15) is 0 Å². The van der Waals surface area contributed by atoms with Crippen molar-refractivity contribution in [1.82, 2.24) is 10.2 Å². The van der Waals surface area contributed by atoms with E-state index in [0.717, 1.165) is 32.1 Å². The number of aliphatic imine (C=N–C) groups is 1. The molecule has 0 amide bonds. The first-order valence-electron chi connectivity index (χ1n) is 5.67. The Hall–Kier alpha value is -1.55. The van der Waals surface area contributed by atoms with Crippen LogP contribution < -0.4 is 11.1 Å². The lowest BCUT2D eigenvalue weighted by Crippen LogP contribution is -2.41. The highest BCUT2D eigenvalue weighted by molar-refractivity contribution is 5.81. The van der Waals surface area contributed by atoms with Crippen LogP contribution in [0.1, 0.15) is 5.56 Å². The van der Waals surface area contributed by atoms with Gasteiger partial charge in [-0.05, 0) is 5.56 Å². The number of nitrogens with two attached hydrogens (primary N) is 1. The highest BCUT2D eigenvalue weighted by Crippen LogP contribution is 2.05. The SMILES string of the molecule is NCCN(Cc1ccccc1)C1=NCCN1. The van der Waals surface area contributed by atoms with Crippen molar-refractivity contribution in [2.45, 2.75) is 6.54 Å². The molecular weight excluding hydrogens is 200 g/mol. The van der Waals surface area contributed by atoms with Gasteiger partial charge in [-0.25, -0.2) is 0 Å². The van der Waals surface area contributed by atoms with Crippen LogP contribution in [-0.4, -0.2) is 37.0 Å². The van der Waals surface area contributed by atoms with Gasteiger partial charge in [0.1, 0.15) is 0 Å². The molecule has 0 saturated heterocycles. The molecule has 1 aromatic carbocycles. The number of rotatable bonds is 4. The maximum Gasteiger partial charge on any atom is 0.194 e. The summed E-state index contributed by atoms with van der Waals surface area (Å²) in [4.78, 5) is 6.62. The van der Waals surface area contributed by atoms with Crippen molar-refractivity contribution < 1.29 is 0 Å². The molecule has 0 aliphatic carbocycles. The van der Waals surface area contributed by atoms with Gasteiger partial charge in [-0.3, -0.25) is 4.99 Å². The average Bonchev–Trinajstić information content (AvgIpc) is 2.83. The van der Waals surface area contributed by atoms with Crippen LogP contribution in [0.4, 0.5) is 0 Å². The first-order chi connectivity index (χ1) is 7.90. The Kier molecular flexibility index (Phi) is 3.77. The molecule has 2 rings (SSSR count). The van der Waals surface area contributed by atoms with E-state index in [1.54, 1.807) is 0 Å². The summed E-state index contributed by atoms with van der Waals surface area (Å²) in [5.41, 5.74) is 6.91. The highest BCUT2D eigenvalue weighted by Gasteiger charge is 2.13. The summed E-state index contributed by atoms with van der Waals surface area (Å²) < 4.78 is 0. The third-order valence-corrected chi connectivity index (χ3v) is 2.57. The minimum Gasteiger partial charge on any atom is -0.354 e. The lowest BCUT2D eigenvalue weighted by atomic mass is 10.2. The van der Waals surface area contributed by atoms with E-state index in [1.165, 1.54) is 5.56 Å². The van der Waals surface area contributed by atoms with Gasteiger partial charge in [0.25, 0.3) is 0 Å². The van der Waals surface area contributed by atoms with E-state index < -0.39 is 0 Å². The zero-order chi connectivity index (χ0) is 11.2. The van der Waals surface area contributed by atoms with Crippen LogP contribution in [0.5, 0.6) is 0 Å². The summed E-state index contributed by atoms with van der Waals surface area (Å²) >= 11 is 0. The molecule has 0 fully saturated rings. The van der Waals surface area contributed by atoms with E-state index in [4.69, 9.17) is 5.73 Å². The van der Waals surface area contributed by atoms with Gasteiger partial charge in [0.15, 0.2) is 5.96 Å². The predicted molar refractivity (Wildman–Crippen MR) is 66.2 cm³/mol. The molecule has 0 unspecified atom stereocenters. The van der Waals surface area contributed by atoms with Crippen LogP contribution in [0.2, 0.25) is 0 Å². The van der Waals surface area contributed by atoms with Crippen molar-refractivity contribution in [3.63, 3.8) is 0 Å². The van der Waals surface area contributed by atoms with Crippen molar-refractivity contribution in [1.29, 1.82) is 0 Å². The monoisotopic (exact) mass is 218 g/mol. The fraction of sp³-hybridized carbons (Fsp3) is 0.417. The lowest BCUT2D eigenvalue weighted by Gasteiger charge is -2.23. The second-order valence-electron chi connectivity index (χ2n) is 3.83. The highest BCUT2D eigenvalue weighted by atomic mass is 15.3. The molecule has 0 saturated carbocycles. The zero-order valence-electron chi connectivity index (χ0n) is 9.39. The van der Waals surface area contributed by atoms with Crippen molar-refractivity contribution in [3.05, 3.63) is 35.9 Å². The lowest BCUT2D eigenvalue weighted by molar-refractivity contribution is 0.412. The van der Waals surface area contributed by atoms with Gasteiger partial charge in [0, 0.05) is 26.2 Å². The van der Waals surface area contributed by atoms with E-state index in [0.29, 0.717) is 6.54 Å². The zero-order valence-corrected chi connectivity index (χ0v) is 9.39. The predicted octanol–water partition coefficient (Wildman–Crippen LogP) is 0.406. The van der Waals surface area contributed by atoms with Crippen LogP contribution in [0, 0.1) is 0 Å². The van der Waals surface area contributed by atoms with E-state index in [-0.39, 0.29) is 0 Å². The van der Waals surface area contributed by atoms with E-state index >= 15 is 0 Å². The summed E-state index contributed by atoms with van der Waals surface area (Å²) in [5, 5.41) is 3.28. The summed E-state index contributed by atoms with van der Waals surface area (Å²) in [6.45, 7) is 4.15. The first kappa shape index (κ1) is 11.0. The van der Waals surface area contributed by atoms with Crippen LogP contribution >= 0.6 is 0 Å². The topological polar surface area (TPSA) is 53.6 Å². The molecule has 86 valence electrons. The summed E-state index contributed by atoms with van der Waals surface area (Å²) in [7, 11) is 0. The van der Waals surface area contributed by atoms with E-state index in [2.05, 4.69) is 39.5 Å². The maximum atomic E-state index is 5.63. The summed E-state index contributed by atoms with van der Waals surface area (Å²) in [5.74, 6) is 0.981. The summed E-state index contributed by atoms with van der Waals surface area (Å²) in [6.07, 6.45) is 0.